The SMILES string of the molecule is O=C(Nc1ccc(-c2nnc3n2CCCCCC3)cc1)c1oc2ccccc2c1COc1ccccc1. The van der Waals surface area contributed by atoms with Gasteiger partial charge in [-0.3, -0.25) is 4.79 Å². The summed E-state index contributed by atoms with van der Waals surface area (Å²) in [6, 6.07) is 24.9. The van der Waals surface area contributed by atoms with Crippen molar-refractivity contribution in [3.8, 4) is 17.1 Å². The molecule has 3 heterocycles. The first-order chi connectivity index (χ1) is 18.3. The second-order valence-electron chi connectivity index (χ2n) is 9.29. The van der Waals surface area contributed by atoms with Gasteiger partial charge in [0.1, 0.15) is 23.8 Å². The van der Waals surface area contributed by atoms with Crippen molar-refractivity contribution in [3.63, 3.8) is 0 Å². The molecule has 1 amide bonds. The van der Waals surface area contributed by atoms with Crippen molar-refractivity contribution >= 4 is 22.6 Å². The molecule has 0 saturated carbocycles. The van der Waals surface area contributed by atoms with Crippen LogP contribution in [-0.2, 0) is 19.6 Å². The van der Waals surface area contributed by atoms with Crippen LogP contribution in [0.1, 0.15) is 47.6 Å². The molecule has 1 N–H and O–H groups in total. The number of hydrogen-bond acceptors (Lipinski definition) is 5. The van der Waals surface area contributed by atoms with Gasteiger partial charge in [-0.2, -0.15) is 0 Å². The van der Waals surface area contributed by atoms with E-state index in [1.807, 2.05) is 78.9 Å². The van der Waals surface area contributed by atoms with Crippen molar-refractivity contribution in [1.82, 2.24) is 14.8 Å². The number of benzene rings is 3. The molecule has 0 atom stereocenters. The lowest BCUT2D eigenvalue weighted by Crippen LogP contribution is -2.14. The number of nitrogens with one attached hydrogen (secondary N) is 1. The Morgan fingerprint density at radius 2 is 1.68 bits per heavy atom. The van der Waals surface area contributed by atoms with Gasteiger partial charge in [0.05, 0.1) is 0 Å². The van der Waals surface area contributed by atoms with Crippen molar-refractivity contribution in [3.05, 3.63) is 96.0 Å². The van der Waals surface area contributed by atoms with Crippen molar-refractivity contribution in [2.45, 2.75) is 45.3 Å². The summed E-state index contributed by atoms with van der Waals surface area (Å²) >= 11 is 0. The van der Waals surface area contributed by atoms with E-state index in [0.717, 1.165) is 59.7 Å². The number of carbonyl (C=O) groups is 1. The number of aryl methyl sites for hydroxylation is 1. The molecule has 37 heavy (non-hydrogen) atoms. The maximum atomic E-state index is 13.3. The highest BCUT2D eigenvalue weighted by atomic mass is 16.5. The first kappa shape index (κ1) is 23.0. The molecule has 1 aliphatic rings. The van der Waals surface area contributed by atoms with Crippen LogP contribution in [0.15, 0.2) is 83.3 Å². The number of para-hydroxylation sites is 2. The lowest BCUT2D eigenvalue weighted by Gasteiger charge is -2.13. The Bertz CT molecular complexity index is 1520. The van der Waals surface area contributed by atoms with Gasteiger partial charge in [0.25, 0.3) is 5.91 Å². The quantitative estimate of drug-likeness (QED) is 0.287. The maximum absolute atomic E-state index is 13.3. The zero-order valence-electron chi connectivity index (χ0n) is 20.5. The standard InChI is InChI=1S/C30H28N4O3/c35-30(28-25(20-36-23-10-4-3-5-11-23)24-12-7-8-13-26(24)37-28)31-22-17-15-21(16-18-22)29-33-32-27-14-6-1-2-9-19-34(27)29/h3-5,7-8,10-13,15-18H,1-2,6,9,14,19-20H2,(H,31,35). The number of rotatable bonds is 6. The van der Waals surface area contributed by atoms with Gasteiger partial charge in [-0.1, -0.05) is 49.2 Å². The molecule has 0 radical (unpaired) electrons. The molecule has 7 heteroatoms. The molecular formula is C30H28N4O3. The summed E-state index contributed by atoms with van der Waals surface area (Å²) < 4.78 is 14.2. The van der Waals surface area contributed by atoms with Crippen LogP contribution in [0.25, 0.3) is 22.4 Å². The van der Waals surface area contributed by atoms with Crippen molar-refractivity contribution < 1.29 is 13.9 Å². The van der Waals surface area contributed by atoms with E-state index >= 15 is 0 Å². The van der Waals surface area contributed by atoms with E-state index in [1.165, 1.54) is 12.8 Å². The lowest BCUT2D eigenvalue weighted by atomic mass is 10.1. The lowest BCUT2D eigenvalue weighted by molar-refractivity contribution is 0.0995. The normalized spacial score (nSPS) is 13.5. The Labute approximate surface area is 215 Å². The fourth-order valence-corrected chi connectivity index (χ4v) is 4.86. The minimum absolute atomic E-state index is 0.223. The number of nitrogens with zero attached hydrogens (tertiary/aromatic N) is 3. The Morgan fingerprint density at radius 1 is 0.892 bits per heavy atom. The summed E-state index contributed by atoms with van der Waals surface area (Å²) in [5, 5.41) is 12.7. The summed E-state index contributed by atoms with van der Waals surface area (Å²) in [6.45, 7) is 1.16. The van der Waals surface area contributed by atoms with Crippen LogP contribution >= 0.6 is 0 Å². The third-order valence-electron chi connectivity index (χ3n) is 6.79. The number of aromatic nitrogens is 3. The van der Waals surface area contributed by atoms with Crippen LogP contribution in [0, 0.1) is 0 Å². The molecule has 5 aromatic rings. The predicted octanol–water partition coefficient (Wildman–Crippen LogP) is 6.64. The van der Waals surface area contributed by atoms with E-state index in [9.17, 15) is 4.79 Å². The van der Waals surface area contributed by atoms with Crippen molar-refractivity contribution in [2.75, 3.05) is 5.32 Å². The van der Waals surface area contributed by atoms with Crippen molar-refractivity contribution in [2.24, 2.45) is 0 Å². The fourth-order valence-electron chi connectivity index (χ4n) is 4.86. The Morgan fingerprint density at radius 3 is 2.54 bits per heavy atom. The summed E-state index contributed by atoms with van der Waals surface area (Å²) in [4.78, 5) is 13.3. The van der Waals surface area contributed by atoms with E-state index in [2.05, 4.69) is 20.1 Å². The molecule has 6 rings (SSSR count). The van der Waals surface area contributed by atoms with Gasteiger partial charge in [0.2, 0.25) is 0 Å². The number of hydrogen-bond donors (Lipinski definition) is 1. The molecule has 186 valence electrons. The van der Waals surface area contributed by atoms with Crippen LogP contribution in [-0.4, -0.2) is 20.7 Å². The minimum Gasteiger partial charge on any atom is -0.489 e. The predicted molar refractivity (Wildman–Crippen MR) is 143 cm³/mol. The van der Waals surface area contributed by atoms with E-state index in [1.54, 1.807) is 0 Å². The third-order valence-corrected chi connectivity index (χ3v) is 6.79. The van der Waals surface area contributed by atoms with Crippen LogP contribution in [0.4, 0.5) is 5.69 Å². The smallest absolute Gasteiger partial charge is 0.291 e. The number of amides is 1. The van der Waals surface area contributed by atoms with Gasteiger partial charge < -0.3 is 19.0 Å². The summed E-state index contributed by atoms with van der Waals surface area (Å²) in [5.41, 5.74) is 3.03. The third kappa shape index (κ3) is 4.85. The molecule has 1 aliphatic heterocycles. The zero-order chi connectivity index (χ0) is 25.0. The van der Waals surface area contributed by atoms with Crippen molar-refractivity contribution in [1.29, 1.82) is 0 Å². The number of anilines is 1. The van der Waals surface area contributed by atoms with E-state index in [4.69, 9.17) is 9.15 Å². The molecule has 0 fully saturated rings. The summed E-state index contributed by atoms with van der Waals surface area (Å²) in [5.74, 6) is 2.61. The van der Waals surface area contributed by atoms with Gasteiger partial charge in [0.15, 0.2) is 11.6 Å². The number of carbonyl (C=O) groups excluding carboxylic acids is 1. The topological polar surface area (TPSA) is 82.2 Å². The van der Waals surface area contributed by atoms with Crippen LogP contribution in [0.5, 0.6) is 5.75 Å². The second-order valence-corrected chi connectivity index (χ2v) is 9.29. The minimum atomic E-state index is -0.316. The first-order valence-electron chi connectivity index (χ1n) is 12.8. The summed E-state index contributed by atoms with van der Waals surface area (Å²) in [7, 11) is 0. The molecule has 0 unspecified atom stereocenters. The Kier molecular flexibility index (Phi) is 6.42. The van der Waals surface area contributed by atoms with Crippen LogP contribution in [0.2, 0.25) is 0 Å². The largest absolute Gasteiger partial charge is 0.489 e. The first-order valence-corrected chi connectivity index (χ1v) is 12.8. The molecule has 0 spiro atoms. The number of ether oxygens (including phenoxy) is 1. The molecule has 7 nitrogen and oxygen atoms in total. The molecule has 0 saturated heterocycles. The molecule has 0 aliphatic carbocycles. The number of fused-ring (bicyclic) bond motifs is 2. The molecular weight excluding hydrogens is 464 g/mol. The van der Waals surface area contributed by atoms with Gasteiger partial charge >= 0.3 is 0 Å². The van der Waals surface area contributed by atoms with Crippen LogP contribution in [0.3, 0.4) is 0 Å². The monoisotopic (exact) mass is 492 g/mol. The zero-order valence-corrected chi connectivity index (χ0v) is 20.5. The Hall–Kier alpha value is -4.39. The Balaban J connectivity index is 1.22. The van der Waals surface area contributed by atoms with E-state index in [-0.39, 0.29) is 18.3 Å². The van der Waals surface area contributed by atoms with Gasteiger partial charge in [-0.05, 0) is 55.3 Å². The maximum Gasteiger partial charge on any atom is 0.291 e. The average molecular weight is 493 g/mol. The summed E-state index contributed by atoms with van der Waals surface area (Å²) in [6.07, 6.45) is 5.75. The molecule has 3 aromatic carbocycles. The van der Waals surface area contributed by atoms with Gasteiger partial charge in [0, 0.05) is 35.2 Å². The van der Waals surface area contributed by atoms with Gasteiger partial charge in [-0.15, -0.1) is 10.2 Å². The highest BCUT2D eigenvalue weighted by molar-refractivity contribution is 6.06. The van der Waals surface area contributed by atoms with Gasteiger partial charge in [-0.25, -0.2) is 0 Å². The average Bonchev–Trinajstić information content (AvgIpc) is 3.49. The number of furan rings is 1. The fraction of sp³-hybridized carbons (Fsp3) is 0.233. The molecule has 2 aromatic heterocycles. The van der Waals surface area contributed by atoms with Crippen LogP contribution < -0.4 is 10.1 Å². The van der Waals surface area contributed by atoms with E-state index in [0.29, 0.717) is 11.3 Å². The highest BCUT2D eigenvalue weighted by Gasteiger charge is 2.22. The molecule has 0 bridgehead atoms. The second kappa shape index (κ2) is 10.3. The highest BCUT2D eigenvalue weighted by Crippen LogP contribution is 2.29. The van der Waals surface area contributed by atoms with E-state index < -0.39 is 0 Å².